The zero-order chi connectivity index (χ0) is 14.5. The minimum absolute atomic E-state index is 0.141. The summed E-state index contributed by atoms with van der Waals surface area (Å²) in [5.41, 5.74) is 6.45. The van der Waals surface area contributed by atoms with E-state index in [2.05, 4.69) is 5.32 Å². The fourth-order valence-corrected chi connectivity index (χ4v) is 2.37. The zero-order valence-corrected chi connectivity index (χ0v) is 11.6. The molecule has 0 bridgehead atoms. The SMILES string of the molecule is CC(Oc1ccc(N)cc1C#N)C(=O)NC1CCCC1. The fraction of sp³-hybridized carbons (Fsp3) is 0.467. The summed E-state index contributed by atoms with van der Waals surface area (Å²) >= 11 is 0. The van der Waals surface area contributed by atoms with Crippen molar-refractivity contribution in [3.8, 4) is 11.8 Å². The monoisotopic (exact) mass is 273 g/mol. The largest absolute Gasteiger partial charge is 0.480 e. The minimum atomic E-state index is -0.633. The molecule has 1 unspecified atom stereocenters. The van der Waals surface area contributed by atoms with Crippen LogP contribution in [0.2, 0.25) is 0 Å². The van der Waals surface area contributed by atoms with Crippen molar-refractivity contribution in [2.45, 2.75) is 44.8 Å². The normalized spacial score (nSPS) is 16.4. The lowest BCUT2D eigenvalue weighted by atomic mass is 10.2. The summed E-state index contributed by atoms with van der Waals surface area (Å²) in [6.07, 6.45) is 3.76. The van der Waals surface area contributed by atoms with Gasteiger partial charge in [0.2, 0.25) is 0 Å². The number of nitrogens with zero attached hydrogens (tertiary/aromatic N) is 1. The van der Waals surface area contributed by atoms with Crippen molar-refractivity contribution < 1.29 is 9.53 Å². The van der Waals surface area contributed by atoms with Gasteiger partial charge < -0.3 is 15.8 Å². The van der Waals surface area contributed by atoms with Gasteiger partial charge in [0.05, 0.1) is 5.56 Å². The third kappa shape index (κ3) is 3.41. The summed E-state index contributed by atoms with van der Waals surface area (Å²) in [7, 11) is 0. The number of hydrogen-bond acceptors (Lipinski definition) is 4. The lowest BCUT2D eigenvalue weighted by Crippen LogP contribution is -2.41. The van der Waals surface area contributed by atoms with Gasteiger partial charge >= 0.3 is 0 Å². The van der Waals surface area contributed by atoms with Crippen LogP contribution in [0.25, 0.3) is 0 Å². The maximum absolute atomic E-state index is 12.0. The van der Waals surface area contributed by atoms with Crippen LogP contribution >= 0.6 is 0 Å². The number of nitrogens with one attached hydrogen (secondary N) is 1. The average Bonchev–Trinajstić information content (AvgIpc) is 2.93. The van der Waals surface area contributed by atoms with Gasteiger partial charge in [-0.05, 0) is 38.0 Å². The number of carbonyl (C=O) groups excluding carboxylic acids is 1. The van der Waals surface area contributed by atoms with Crippen molar-refractivity contribution >= 4 is 11.6 Å². The molecule has 3 N–H and O–H groups in total. The third-order valence-corrected chi connectivity index (χ3v) is 3.50. The number of carbonyl (C=O) groups is 1. The van der Waals surface area contributed by atoms with E-state index < -0.39 is 6.10 Å². The summed E-state index contributed by atoms with van der Waals surface area (Å²) in [5, 5.41) is 12.0. The van der Waals surface area contributed by atoms with Gasteiger partial charge in [0.25, 0.3) is 5.91 Å². The molecule has 5 heteroatoms. The highest BCUT2D eigenvalue weighted by Gasteiger charge is 2.22. The molecule has 5 nitrogen and oxygen atoms in total. The van der Waals surface area contributed by atoms with Gasteiger partial charge in [0.1, 0.15) is 11.8 Å². The van der Waals surface area contributed by atoms with E-state index in [0.717, 1.165) is 25.7 Å². The first-order valence-electron chi connectivity index (χ1n) is 6.87. The number of nitriles is 1. The van der Waals surface area contributed by atoms with Crippen molar-refractivity contribution in [3.05, 3.63) is 23.8 Å². The van der Waals surface area contributed by atoms with Crippen molar-refractivity contribution in [3.63, 3.8) is 0 Å². The Morgan fingerprint density at radius 2 is 2.20 bits per heavy atom. The van der Waals surface area contributed by atoms with Crippen molar-refractivity contribution in [1.82, 2.24) is 5.32 Å². The molecule has 1 aromatic rings. The van der Waals surface area contributed by atoms with Crippen LogP contribution in [0.4, 0.5) is 5.69 Å². The number of rotatable bonds is 4. The van der Waals surface area contributed by atoms with E-state index in [1.165, 1.54) is 6.07 Å². The molecule has 0 saturated heterocycles. The first kappa shape index (κ1) is 14.2. The van der Waals surface area contributed by atoms with E-state index in [4.69, 9.17) is 15.7 Å². The number of ether oxygens (including phenoxy) is 1. The second-order valence-electron chi connectivity index (χ2n) is 5.12. The Balaban J connectivity index is 1.98. The number of benzene rings is 1. The summed E-state index contributed by atoms with van der Waals surface area (Å²) in [4.78, 5) is 12.0. The smallest absolute Gasteiger partial charge is 0.260 e. The van der Waals surface area contributed by atoms with E-state index in [9.17, 15) is 4.79 Å². The molecule has 1 aliphatic carbocycles. The Bertz CT molecular complexity index is 530. The highest BCUT2D eigenvalue weighted by atomic mass is 16.5. The van der Waals surface area contributed by atoms with Crippen LogP contribution in [0.1, 0.15) is 38.2 Å². The molecule has 0 aliphatic heterocycles. The highest BCUT2D eigenvalue weighted by molar-refractivity contribution is 5.81. The Labute approximate surface area is 118 Å². The molecule has 1 aromatic carbocycles. The van der Waals surface area contributed by atoms with E-state index in [0.29, 0.717) is 17.0 Å². The predicted molar refractivity (Wildman–Crippen MR) is 76.1 cm³/mol. The number of anilines is 1. The van der Waals surface area contributed by atoms with Crippen LogP contribution in [0.3, 0.4) is 0 Å². The van der Waals surface area contributed by atoms with Gasteiger partial charge in [-0.3, -0.25) is 4.79 Å². The Morgan fingerprint density at radius 1 is 1.50 bits per heavy atom. The molecule has 2 rings (SSSR count). The van der Waals surface area contributed by atoms with E-state index >= 15 is 0 Å². The van der Waals surface area contributed by atoms with Gasteiger partial charge in [0.15, 0.2) is 6.10 Å². The maximum atomic E-state index is 12.0. The van der Waals surface area contributed by atoms with Gasteiger partial charge in [-0.15, -0.1) is 0 Å². The first-order valence-corrected chi connectivity index (χ1v) is 6.87. The second-order valence-corrected chi connectivity index (χ2v) is 5.12. The van der Waals surface area contributed by atoms with Gasteiger partial charge in [0, 0.05) is 11.7 Å². The molecule has 1 amide bonds. The standard InChI is InChI=1S/C15H19N3O2/c1-10(15(19)18-13-4-2-3-5-13)20-14-7-6-12(17)8-11(14)9-16/h6-8,10,13H,2-5,17H2,1H3,(H,18,19). The predicted octanol–water partition coefficient (Wildman–Crippen LogP) is 1.97. The molecule has 106 valence electrons. The number of nitrogens with two attached hydrogens (primary N) is 1. The number of hydrogen-bond donors (Lipinski definition) is 2. The van der Waals surface area contributed by atoms with Crippen LogP contribution in [0, 0.1) is 11.3 Å². The van der Waals surface area contributed by atoms with Crippen molar-refractivity contribution in [1.29, 1.82) is 5.26 Å². The molecular formula is C15H19N3O2. The summed E-state index contributed by atoms with van der Waals surface area (Å²) in [6, 6.07) is 7.08. The topological polar surface area (TPSA) is 88.1 Å². The molecule has 0 aromatic heterocycles. The first-order chi connectivity index (χ1) is 9.60. The average molecular weight is 273 g/mol. The van der Waals surface area contributed by atoms with Crippen molar-refractivity contribution in [2.75, 3.05) is 5.73 Å². The van der Waals surface area contributed by atoms with Crippen molar-refractivity contribution in [2.24, 2.45) is 0 Å². The highest BCUT2D eigenvalue weighted by Crippen LogP contribution is 2.22. The third-order valence-electron chi connectivity index (χ3n) is 3.50. The maximum Gasteiger partial charge on any atom is 0.260 e. The van der Waals surface area contributed by atoms with Gasteiger partial charge in [-0.1, -0.05) is 12.8 Å². The summed E-state index contributed by atoms with van der Waals surface area (Å²) in [6.45, 7) is 1.68. The molecule has 0 radical (unpaired) electrons. The van der Waals surface area contributed by atoms with Crippen LogP contribution in [-0.2, 0) is 4.79 Å². The molecule has 1 aliphatic rings. The molecule has 1 saturated carbocycles. The minimum Gasteiger partial charge on any atom is -0.480 e. The number of amides is 1. The quantitative estimate of drug-likeness (QED) is 0.821. The molecule has 0 spiro atoms. The fourth-order valence-electron chi connectivity index (χ4n) is 2.37. The molecule has 20 heavy (non-hydrogen) atoms. The Kier molecular flexibility index (Phi) is 4.46. The lowest BCUT2D eigenvalue weighted by Gasteiger charge is -2.18. The van der Waals surface area contributed by atoms with Crippen LogP contribution in [0.5, 0.6) is 5.75 Å². The Morgan fingerprint density at radius 3 is 2.85 bits per heavy atom. The van der Waals surface area contributed by atoms with E-state index in [1.54, 1.807) is 19.1 Å². The molecule has 0 heterocycles. The van der Waals surface area contributed by atoms with Crippen LogP contribution in [0.15, 0.2) is 18.2 Å². The summed E-state index contributed by atoms with van der Waals surface area (Å²) in [5.74, 6) is 0.244. The lowest BCUT2D eigenvalue weighted by molar-refractivity contribution is -0.127. The summed E-state index contributed by atoms with van der Waals surface area (Å²) < 4.78 is 5.57. The van der Waals surface area contributed by atoms with E-state index in [-0.39, 0.29) is 11.9 Å². The number of nitrogen functional groups attached to an aromatic ring is 1. The zero-order valence-electron chi connectivity index (χ0n) is 11.6. The van der Waals surface area contributed by atoms with Gasteiger partial charge in [-0.2, -0.15) is 5.26 Å². The molecule has 1 fully saturated rings. The Hall–Kier alpha value is -2.22. The van der Waals surface area contributed by atoms with E-state index in [1.807, 2.05) is 6.07 Å². The van der Waals surface area contributed by atoms with Gasteiger partial charge in [-0.25, -0.2) is 0 Å². The second kappa shape index (κ2) is 6.29. The molecular weight excluding hydrogens is 254 g/mol. The molecule has 1 atom stereocenters. The van der Waals surface area contributed by atoms with Crippen LogP contribution < -0.4 is 15.8 Å². The van der Waals surface area contributed by atoms with Crippen LogP contribution in [-0.4, -0.2) is 18.1 Å².